The number of aryl methyl sites for hydroxylation is 1. The molecule has 1 atom stereocenters. The molecule has 2 aliphatic heterocycles. The maximum Gasteiger partial charge on any atom is 0.301 e. The van der Waals surface area contributed by atoms with E-state index in [9.17, 15) is 14.7 Å². The molecule has 38 heavy (non-hydrogen) atoms. The average molecular weight is 526 g/mol. The van der Waals surface area contributed by atoms with Crippen molar-refractivity contribution in [3.63, 3.8) is 0 Å². The number of ketones is 1. The number of fused-ring (bicyclic) bond motifs is 2. The molecule has 8 heteroatoms. The number of nitrogens with zero attached hydrogens (tertiary/aromatic N) is 3. The third-order valence-corrected chi connectivity index (χ3v) is 8.09. The molecule has 7 nitrogen and oxygen atoms in total. The average Bonchev–Trinajstić information content (AvgIpc) is 3.45. The molecule has 1 amide bonds. The lowest BCUT2D eigenvalue weighted by Gasteiger charge is -2.23. The highest BCUT2D eigenvalue weighted by atomic mass is 32.1. The zero-order chi connectivity index (χ0) is 26.6. The van der Waals surface area contributed by atoms with E-state index in [1.54, 1.807) is 36.7 Å². The Morgan fingerprint density at radius 1 is 1.13 bits per heavy atom. The number of anilines is 1. The van der Waals surface area contributed by atoms with Crippen molar-refractivity contribution in [3.8, 4) is 5.75 Å². The molecule has 2 aromatic carbocycles. The maximum absolute atomic E-state index is 13.5. The van der Waals surface area contributed by atoms with E-state index in [4.69, 9.17) is 9.72 Å². The number of hydrogen-bond donors (Lipinski definition) is 1. The highest BCUT2D eigenvalue weighted by Crippen LogP contribution is 2.45. The predicted octanol–water partition coefficient (Wildman–Crippen LogP) is 5.94. The van der Waals surface area contributed by atoms with Crippen LogP contribution in [0.2, 0.25) is 0 Å². The summed E-state index contributed by atoms with van der Waals surface area (Å²) < 4.78 is 6.63. The number of benzene rings is 2. The zero-order valence-electron chi connectivity index (χ0n) is 21.4. The molecule has 0 radical (unpaired) electrons. The molecule has 0 spiro atoms. The Hall–Kier alpha value is -4.04. The SMILES string of the molecule is CC(C)(C)c1ccc2nc(N3C(=O)C(=O)/C(=C(/O)c4ccc5c(c4)CCCO5)C3c3cccnc3)sc2c1. The number of thiazole rings is 1. The molecule has 4 aromatic rings. The van der Waals surface area contributed by atoms with E-state index in [-0.39, 0.29) is 16.7 Å². The van der Waals surface area contributed by atoms with Gasteiger partial charge in [-0.15, -0.1) is 0 Å². The lowest BCUT2D eigenvalue weighted by molar-refractivity contribution is -0.132. The van der Waals surface area contributed by atoms with Crippen molar-refractivity contribution in [2.24, 2.45) is 0 Å². The van der Waals surface area contributed by atoms with Gasteiger partial charge >= 0.3 is 5.91 Å². The Kier molecular flexibility index (Phi) is 5.79. The van der Waals surface area contributed by atoms with Crippen molar-refractivity contribution in [3.05, 3.63) is 88.8 Å². The summed E-state index contributed by atoms with van der Waals surface area (Å²) in [5, 5.41) is 11.9. The van der Waals surface area contributed by atoms with Gasteiger partial charge in [0.2, 0.25) is 0 Å². The number of hydrogen-bond acceptors (Lipinski definition) is 7. The van der Waals surface area contributed by atoms with Crippen LogP contribution in [-0.2, 0) is 21.4 Å². The summed E-state index contributed by atoms with van der Waals surface area (Å²) in [6.07, 6.45) is 4.94. The fraction of sp³-hybridized carbons (Fsp3) is 0.267. The zero-order valence-corrected chi connectivity index (χ0v) is 22.2. The van der Waals surface area contributed by atoms with E-state index in [2.05, 4.69) is 31.8 Å². The van der Waals surface area contributed by atoms with Gasteiger partial charge in [0.15, 0.2) is 5.13 Å². The van der Waals surface area contributed by atoms with Crippen LogP contribution < -0.4 is 9.64 Å². The van der Waals surface area contributed by atoms with Crippen LogP contribution in [-0.4, -0.2) is 33.4 Å². The third kappa shape index (κ3) is 4.05. The molecule has 1 N–H and O–H groups in total. The minimum atomic E-state index is -0.862. The van der Waals surface area contributed by atoms with Gasteiger partial charge in [-0.25, -0.2) is 4.98 Å². The molecule has 1 saturated heterocycles. The first-order chi connectivity index (χ1) is 18.2. The number of pyridine rings is 1. The highest BCUT2D eigenvalue weighted by molar-refractivity contribution is 7.22. The number of ether oxygens (including phenoxy) is 1. The number of aliphatic hydroxyl groups excluding tert-OH is 1. The van der Waals surface area contributed by atoms with Crippen LogP contribution >= 0.6 is 11.3 Å². The minimum absolute atomic E-state index is 0.0225. The lowest BCUT2D eigenvalue weighted by atomic mass is 9.87. The van der Waals surface area contributed by atoms with Crippen LogP contribution in [0.4, 0.5) is 5.13 Å². The summed E-state index contributed by atoms with van der Waals surface area (Å²) in [6, 6.07) is 14.1. The van der Waals surface area contributed by atoms with Gasteiger partial charge in [0.05, 0.1) is 28.4 Å². The van der Waals surface area contributed by atoms with Crippen LogP contribution in [0.1, 0.15) is 55.5 Å². The topological polar surface area (TPSA) is 92.6 Å². The standard InChI is InChI=1S/C30H27N3O4S/c1-30(2,3)20-9-10-21-23(15-20)38-29(32-21)33-25(19-6-4-12-31-16-19)24(27(35)28(33)36)26(34)18-8-11-22-17(14-18)7-5-13-37-22/h4,6,8-12,14-16,25,34H,5,7,13H2,1-3H3/b26-24+. The molecule has 1 fully saturated rings. The minimum Gasteiger partial charge on any atom is -0.507 e. The van der Waals surface area contributed by atoms with Crippen molar-refractivity contribution in [2.75, 3.05) is 11.5 Å². The van der Waals surface area contributed by atoms with Crippen LogP contribution in [0.25, 0.3) is 16.0 Å². The monoisotopic (exact) mass is 525 g/mol. The number of rotatable bonds is 3. The molecule has 4 heterocycles. The van der Waals surface area contributed by atoms with Gasteiger partial charge in [0.25, 0.3) is 5.78 Å². The molecular weight excluding hydrogens is 498 g/mol. The smallest absolute Gasteiger partial charge is 0.301 e. The number of aliphatic hydroxyl groups is 1. The molecule has 0 saturated carbocycles. The predicted molar refractivity (Wildman–Crippen MR) is 148 cm³/mol. The molecule has 192 valence electrons. The Bertz CT molecular complexity index is 1620. The van der Waals surface area contributed by atoms with E-state index < -0.39 is 17.7 Å². The number of aromatic nitrogens is 2. The van der Waals surface area contributed by atoms with Crippen molar-refractivity contribution < 1.29 is 19.4 Å². The second-order valence-electron chi connectivity index (χ2n) is 10.7. The fourth-order valence-electron chi connectivity index (χ4n) is 5.03. The van der Waals surface area contributed by atoms with Crippen molar-refractivity contribution in [2.45, 2.75) is 45.1 Å². The van der Waals surface area contributed by atoms with Crippen molar-refractivity contribution >= 4 is 44.1 Å². The summed E-state index contributed by atoms with van der Waals surface area (Å²) in [7, 11) is 0. The first kappa shape index (κ1) is 24.3. The van der Waals surface area contributed by atoms with E-state index >= 15 is 0 Å². The largest absolute Gasteiger partial charge is 0.507 e. The number of carbonyl (C=O) groups is 2. The Morgan fingerprint density at radius 3 is 2.74 bits per heavy atom. The van der Waals surface area contributed by atoms with Gasteiger partial charge in [-0.05, 0) is 71.3 Å². The first-order valence-electron chi connectivity index (χ1n) is 12.6. The normalized spacial score (nSPS) is 19.0. The summed E-state index contributed by atoms with van der Waals surface area (Å²) in [4.78, 5) is 37.4. The summed E-state index contributed by atoms with van der Waals surface area (Å²) in [5.41, 5.74) is 3.94. The quantitative estimate of drug-likeness (QED) is 0.202. The fourth-order valence-corrected chi connectivity index (χ4v) is 6.06. The Morgan fingerprint density at radius 2 is 1.97 bits per heavy atom. The molecule has 2 aliphatic rings. The number of amides is 1. The van der Waals surface area contributed by atoms with E-state index in [0.29, 0.717) is 22.9 Å². The van der Waals surface area contributed by atoms with Gasteiger partial charge in [-0.2, -0.15) is 0 Å². The molecular formula is C30H27N3O4S. The molecule has 2 aromatic heterocycles. The molecule has 0 bridgehead atoms. The van der Waals surface area contributed by atoms with E-state index in [1.807, 2.05) is 18.2 Å². The second kappa shape index (κ2) is 9.06. The summed E-state index contributed by atoms with van der Waals surface area (Å²) in [6.45, 7) is 7.08. The van der Waals surface area contributed by atoms with E-state index in [0.717, 1.165) is 39.9 Å². The van der Waals surface area contributed by atoms with Crippen LogP contribution in [0.3, 0.4) is 0 Å². The van der Waals surface area contributed by atoms with Gasteiger partial charge in [-0.1, -0.05) is 44.2 Å². The van der Waals surface area contributed by atoms with Gasteiger partial charge in [0.1, 0.15) is 11.5 Å². The van der Waals surface area contributed by atoms with Crippen LogP contribution in [0.5, 0.6) is 5.75 Å². The first-order valence-corrected chi connectivity index (χ1v) is 13.4. The molecule has 1 unspecified atom stereocenters. The van der Waals surface area contributed by atoms with Gasteiger partial charge in [-0.3, -0.25) is 19.5 Å². The third-order valence-electron chi connectivity index (χ3n) is 7.08. The summed E-state index contributed by atoms with van der Waals surface area (Å²) in [5.74, 6) is -0.915. The molecule has 0 aliphatic carbocycles. The van der Waals surface area contributed by atoms with Crippen molar-refractivity contribution in [1.29, 1.82) is 0 Å². The van der Waals surface area contributed by atoms with Crippen LogP contribution in [0.15, 0.2) is 66.5 Å². The van der Waals surface area contributed by atoms with Gasteiger partial charge in [0, 0.05) is 18.0 Å². The summed E-state index contributed by atoms with van der Waals surface area (Å²) >= 11 is 1.36. The Balaban J connectivity index is 1.51. The highest BCUT2D eigenvalue weighted by Gasteiger charge is 2.48. The lowest BCUT2D eigenvalue weighted by Crippen LogP contribution is -2.29. The Labute approximate surface area is 224 Å². The van der Waals surface area contributed by atoms with Crippen LogP contribution in [0, 0.1) is 0 Å². The maximum atomic E-state index is 13.5. The van der Waals surface area contributed by atoms with Gasteiger partial charge < -0.3 is 9.84 Å². The number of carbonyl (C=O) groups excluding carboxylic acids is 2. The van der Waals surface area contributed by atoms with Crippen molar-refractivity contribution in [1.82, 2.24) is 9.97 Å². The number of Topliss-reactive ketones (excluding diaryl/α,β-unsaturated/α-hetero) is 1. The molecule has 6 rings (SSSR count). The van der Waals surface area contributed by atoms with E-state index in [1.165, 1.54) is 16.2 Å². The second-order valence-corrected chi connectivity index (χ2v) is 11.7.